The zero-order valence-electron chi connectivity index (χ0n) is 8.13. The topological polar surface area (TPSA) is 32.6 Å². The van der Waals surface area contributed by atoms with Gasteiger partial charge >= 0.3 is 0 Å². The average molecular weight is 270 g/mol. The third kappa shape index (κ3) is 3.01. The summed E-state index contributed by atoms with van der Waals surface area (Å²) in [5, 5.41) is 12.1. The first-order valence-corrected chi connectivity index (χ1v) is 6.50. The Balaban J connectivity index is 2.11. The van der Waals surface area contributed by atoms with Crippen LogP contribution in [0.4, 0.5) is 0 Å². The van der Waals surface area contributed by atoms with Gasteiger partial charge in [-0.1, -0.05) is 28.5 Å². The van der Waals surface area contributed by atoms with Gasteiger partial charge in [0.1, 0.15) is 0 Å². The van der Waals surface area contributed by atoms with Gasteiger partial charge in [-0.2, -0.15) is 0 Å². The number of nitrogens with zero attached hydrogens (tertiary/aromatic N) is 1. The highest BCUT2D eigenvalue weighted by atomic mass is 35.5. The van der Waals surface area contributed by atoms with Crippen molar-refractivity contribution in [1.82, 2.24) is 0 Å². The molecule has 0 saturated heterocycles. The summed E-state index contributed by atoms with van der Waals surface area (Å²) in [7, 11) is 0. The lowest BCUT2D eigenvalue weighted by molar-refractivity contribution is 0.322. The minimum atomic E-state index is 0.739. The Labute approximate surface area is 107 Å². The highest BCUT2D eigenvalue weighted by Crippen LogP contribution is 2.33. The molecular weight excluding hydrogens is 262 g/mol. The van der Waals surface area contributed by atoms with Crippen molar-refractivity contribution in [2.24, 2.45) is 5.16 Å². The molecule has 0 bridgehead atoms. The van der Waals surface area contributed by atoms with Crippen LogP contribution in [0.2, 0.25) is 5.02 Å². The van der Waals surface area contributed by atoms with Crippen LogP contribution in [0, 0.1) is 0 Å². The summed E-state index contributed by atoms with van der Waals surface area (Å²) < 4.78 is 1.15. The van der Waals surface area contributed by atoms with Gasteiger partial charge in [0.05, 0.1) is 10.4 Å². The Morgan fingerprint density at radius 3 is 2.62 bits per heavy atom. The second kappa shape index (κ2) is 5.39. The molecule has 0 saturated carbocycles. The number of halogens is 1. The minimum Gasteiger partial charge on any atom is -0.411 e. The van der Waals surface area contributed by atoms with Gasteiger partial charge in [-0.25, -0.2) is 0 Å². The molecule has 82 valence electrons. The maximum atomic E-state index is 8.40. The first kappa shape index (κ1) is 11.5. The van der Waals surface area contributed by atoms with Crippen molar-refractivity contribution in [2.75, 3.05) is 0 Å². The fraction of sp³-hybridized carbons (Fsp3) is 0. The van der Waals surface area contributed by atoms with Crippen molar-refractivity contribution >= 4 is 40.9 Å². The van der Waals surface area contributed by atoms with Gasteiger partial charge in [-0.05, 0) is 36.4 Å². The number of oxime groups is 1. The molecule has 2 aromatic rings. The Hall–Kier alpha value is -0.970. The van der Waals surface area contributed by atoms with Gasteiger partial charge in [0, 0.05) is 14.8 Å². The molecule has 1 heterocycles. The molecular formula is C11H8ClNOS2. The van der Waals surface area contributed by atoms with E-state index >= 15 is 0 Å². The summed E-state index contributed by atoms with van der Waals surface area (Å²) in [4.78, 5) is 2.07. The van der Waals surface area contributed by atoms with E-state index in [2.05, 4.69) is 5.16 Å². The standard InChI is InChI=1S/C11H8ClNOS2/c12-8-1-3-9(4-2-8)15-11-6-5-10(16-11)7-13-14/h1-7,14H. The zero-order chi connectivity index (χ0) is 11.4. The zero-order valence-corrected chi connectivity index (χ0v) is 10.5. The monoisotopic (exact) mass is 269 g/mol. The Bertz CT molecular complexity index is 493. The van der Waals surface area contributed by atoms with E-state index in [9.17, 15) is 0 Å². The Morgan fingerprint density at radius 1 is 1.19 bits per heavy atom. The summed E-state index contributed by atoms with van der Waals surface area (Å²) in [5.74, 6) is 0. The average Bonchev–Trinajstić information content (AvgIpc) is 2.70. The van der Waals surface area contributed by atoms with Gasteiger partial charge in [-0.15, -0.1) is 11.3 Å². The normalized spacial score (nSPS) is 11.1. The van der Waals surface area contributed by atoms with Gasteiger partial charge in [-0.3, -0.25) is 0 Å². The SMILES string of the molecule is ON=Cc1ccc(Sc2ccc(Cl)cc2)s1. The molecule has 1 aromatic carbocycles. The van der Waals surface area contributed by atoms with Crippen LogP contribution in [0.1, 0.15) is 4.88 Å². The number of hydrogen-bond donors (Lipinski definition) is 1. The van der Waals surface area contributed by atoms with E-state index in [0.717, 1.165) is 19.0 Å². The maximum Gasteiger partial charge on any atom is 0.0833 e. The summed E-state index contributed by atoms with van der Waals surface area (Å²) in [5.41, 5.74) is 0. The van der Waals surface area contributed by atoms with Gasteiger partial charge < -0.3 is 5.21 Å². The third-order valence-electron chi connectivity index (χ3n) is 1.82. The van der Waals surface area contributed by atoms with Crippen LogP contribution in [-0.2, 0) is 0 Å². The first-order chi connectivity index (χ1) is 7.78. The summed E-state index contributed by atoms with van der Waals surface area (Å²) in [6, 6.07) is 11.6. The molecule has 16 heavy (non-hydrogen) atoms. The van der Waals surface area contributed by atoms with Crippen molar-refractivity contribution in [3.8, 4) is 0 Å². The van der Waals surface area contributed by atoms with Crippen molar-refractivity contribution in [2.45, 2.75) is 9.10 Å². The van der Waals surface area contributed by atoms with Crippen molar-refractivity contribution in [3.05, 3.63) is 46.3 Å². The molecule has 0 radical (unpaired) electrons. The predicted octanol–water partition coefficient (Wildman–Crippen LogP) is 4.36. The molecule has 2 rings (SSSR count). The molecule has 0 spiro atoms. The maximum absolute atomic E-state index is 8.40. The highest BCUT2D eigenvalue weighted by Gasteiger charge is 2.01. The van der Waals surface area contributed by atoms with Gasteiger partial charge in [0.2, 0.25) is 0 Å². The second-order valence-electron chi connectivity index (χ2n) is 2.96. The smallest absolute Gasteiger partial charge is 0.0833 e. The minimum absolute atomic E-state index is 0.739. The summed E-state index contributed by atoms with van der Waals surface area (Å²) >= 11 is 9.04. The summed E-state index contributed by atoms with van der Waals surface area (Å²) in [6.07, 6.45) is 1.43. The van der Waals surface area contributed by atoms with E-state index < -0.39 is 0 Å². The predicted molar refractivity (Wildman–Crippen MR) is 69.3 cm³/mol. The quantitative estimate of drug-likeness (QED) is 0.510. The molecule has 5 heteroatoms. The van der Waals surface area contributed by atoms with Crippen LogP contribution in [-0.4, -0.2) is 11.4 Å². The lowest BCUT2D eigenvalue weighted by Gasteiger charge is -1.97. The van der Waals surface area contributed by atoms with E-state index in [1.807, 2.05) is 36.4 Å². The third-order valence-corrected chi connectivity index (χ3v) is 4.23. The van der Waals surface area contributed by atoms with Crippen LogP contribution in [0.25, 0.3) is 0 Å². The molecule has 1 aromatic heterocycles. The highest BCUT2D eigenvalue weighted by molar-refractivity contribution is 8.01. The van der Waals surface area contributed by atoms with Crippen molar-refractivity contribution in [3.63, 3.8) is 0 Å². The number of thiophene rings is 1. The van der Waals surface area contributed by atoms with Gasteiger partial charge in [0.25, 0.3) is 0 Å². The second-order valence-corrected chi connectivity index (χ2v) is 5.88. The van der Waals surface area contributed by atoms with Crippen LogP contribution in [0.3, 0.4) is 0 Å². The van der Waals surface area contributed by atoms with E-state index in [1.165, 1.54) is 6.21 Å². The van der Waals surface area contributed by atoms with Crippen molar-refractivity contribution < 1.29 is 5.21 Å². The van der Waals surface area contributed by atoms with Crippen molar-refractivity contribution in [1.29, 1.82) is 0 Å². The molecule has 2 nitrogen and oxygen atoms in total. The summed E-state index contributed by atoms with van der Waals surface area (Å²) in [6.45, 7) is 0. The molecule has 0 aliphatic rings. The lowest BCUT2D eigenvalue weighted by Crippen LogP contribution is -1.69. The van der Waals surface area contributed by atoms with E-state index in [4.69, 9.17) is 16.8 Å². The van der Waals surface area contributed by atoms with E-state index in [1.54, 1.807) is 23.1 Å². The van der Waals surface area contributed by atoms with Crippen LogP contribution < -0.4 is 0 Å². The largest absolute Gasteiger partial charge is 0.411 e. The molecule has 0 amide bonds. The molecule has 0 aliphatic carbocycles. The Morgan fingerprint density at radius 2 is 1.94 bits per heavy atom. The van der Waals surface area contributed by atoms with Crippen LogP contribution >= 0.6 is 34.7 Å². The molecule has 0 fully saturated rings. The van der Waals surface area contributed by atoms with Crippen LogP contribution in [0.15, 0.2) is 50.7 Å². The fourth-order valence-corrected chi connectivity index (χ4v) is 3.25. The Kier molecular flexibility index (Phi) is 3.88. The fourth-order valence-electron chi connectivity index (χ4n) is 1.13. The van der Waals surface area contributed by atoms with Crippen LogP contribution in [0.5, 0.6) is 0 Å². The van der Waals surface area contributed by atoms with E-state index in [0.29, 0.717) is 0 Å². The molecule has 1 N–H and O–H groups in total. The molecule has 0 aliphatic heterocycles. The van der Waals surface area contributed by atoms with Gasteiger partial charge in [0.15, 0.2) is 0 Å². The first-order valence-electron chi connectivity index (χ1n) is 4.48. The number of hydrogen-bond acceptors (Lipinski definition) is 4. The molecule has 0 unspecified atom stereocenters. The lowest BCUT2D eigenvalue weighted by atomic mass is 10.4. The molecule has 0 atom stereocenters. The number of benzene rings is 1. The van der Waals surface area contributed by atoms with E-state index in [-0.39, 0.29) is 0 Å². The number of rotatable bonds is 3.